The van der Waals surface area contributed by atoms with Crippen LogP contribution in [-0.2, 0) is 11.2 Å². The van der Waals surface area contributed by atoms with Crippen molar-refractivity contribution in [3.05, 3.63) is 29.3 Å². The quantitative estimate of drug-likeness (QED) is 0.867. The van der Waals surface area contributed by atoms with Gasteiger partial charge in [-0.25, -0.2) is 0 Å². The van der Waals surface area contributed by atoms with E-state index in [1.165, 1.54) is 11.1 Å². The maximum Gasteiger partial charge on any atom is 0.261 e. The zero-order chi connectivity index (χ0) is 13.9. The molecular formula is C16H22N2O2. The lowest BCUT2D eigenvalue weighted by Gasteiger charge is -2.24. The van der Waals surface area contributed by atoms with Crippen molar-refractivity contribution in [1.29, 1.82) is 0 Å². The smallest absolute Gasteiger partial charge is 0.261 e. The maximum absolute atomic E-state index is 11.9. The number of hydrogen-bond acceptors (Lipinski definition) is 3. The first-order chi connectivity index (χ1) is 9.74. The summed E-state index contributed by atoms with van der Waals surface area (Å²) in [5.41, 5.74) is 8.67. The number of benzene rings is 1. The largest absolute Gasteiger partial charge is 0.481 e. The Morgan fingerprint density at radius 1 is 1.20 bits per heavy atom. The second kappa shape index (κ2) is 5.83. The zero-order valence-electron chi connectivity index (χ0n) is 11.7. The second-order valence-electron chi connectivity index (χ2n) is 5.75. The van der Waals surface area contributed by atoms with Gasteiger partial charge in [0.1, 0.15) is 5.75 Å². The number of nitrogens with one attached hydrogen (secondary N) is 1. The molecule has 4 heteroatoms. The molecule has 0 bridgehead atoms. The number of carbonyl (C=O) groups excluding carboxylic acids is 1. The van der Waals surface area contributed by atoms with E-state index in [1.807, 2.05) is 12.1 Å². The number of carbonyl (C=O) groups is 1. The Hall–Kier alpha value is -1.55. The average molecular weight is 274 g/mol. The first-order valence-electron chi connectivity index (χ1n) is 7.57. The van der Waals surface area contributed by atoms with Gasteiger partial charge >= 0.3 is 0 Å². The van der Waals surface area contributed by atoms with E-state index in [-0.39, 0.29) is 18.1 Å². The predicted molar refractivity (Wildman–Crippen MR) is 77.6 cm³/mol. The maximum atomic E-state index is 11.9. The van der Waals surface area contributed by atoms with Crippen LogP contribution < -0.4 is 15.8 Å². The molecule has 108 valence electrons. The predicted octanol–water partition coefficient (Wildman–Crippen LogP) is 2.07. The molecule has 0 radical (unpaired) electrons. The number of amides is 1. The third-order valence-electron chi connectivity index (χ3n) is 4.24. The molecule has 1 amide bonds. The van der Waals surface area contributed by atoms with Crippen LogP contribution in [0.4, 0.5) is 0 Å². The summed E-state index contributed by atoms with van der Waals surface area (Å²) in [6.45, 7) is 0.758. The molecule has 0 aromatic heterocycles. The Morgan fingerprint density at radius 2 is 2.10 bits per heavy atom. The summed E-state index contributed by atoms with van der Waals surface area (Å²) in [5.74, 6) is 0.771. The molecule has 0 saturated carbocycles. The van der Waals surface area contributed by atoms with E-state index >= 15 is 0 Å². The Balaban J connectivity index is 1.77. The van der Waals surface area contributed by atoms with Crippen LogP contribution in [0.25, 0.3) is 0 Å². The van der Waals surface area contributed by atoms with Gasteiger partial charge in [0.25, 0.3) is 5.91 Å². The minimum Gasteiger partial charge on any atom is -0.481 e. The van der Waals surface area contributed by atoms with Crippen LogP contribution in [0.15, 0.2) is 18.2 Å². The first-order valence-corrected chi connectivity index (χ1v) is 7.57. The molecule has 1 saturated heterocycles. The standard InChI is InChI=1S/C16H22N2O2/c17-14-5-3-4-11-7-8-12(10-13(11)14)20-15-6-1-2-9-18-16(15)19/h7-8,10,14-15H,1-6,9,17H2,(H,18,19)/t14-,15?/m1/s1. The molecule has 4 nitrogen and oxygen atoms in total. The van der Waals surface area contributed by atoms with E-state index in [0.29, 0.717) is 0 Å². The van der Waals surface area contributed by atoms with Gasteiger partial charge in [-0.05, 0) is 61.8 Å². The van der Waals surface area contributed by atoms with Gasteiger partial charge in [-0.2, -0.15) is 0 Å². The van der Waals surface area contributed by atoms with Crippen molar-refractivity contribution in [1.82, 2.24) is 5.32 Å². The Labute approximate surface area is 119 Å². The van der Waals surface area contributed by atoms with E-state index in [4.69, 9.17) is 10.5 Å². The van der Waals surface area contributed by atoms with Crippen molar-refractivity contribution in [3.63, 3.8) is 0 Å². The van der Waals surface area contributed by atoms with Gasteiger partial charge in [-0.1, -0.05) is 6.07 Å². The van der Waals surface area contributed by atoms with Gasteiger partial charge in [0, 0.05) is 12.6 Å². The van der Waals surface area contributed by atoms with Crippen LogP contribution in [0.1, 0.15) is 49.3 Å². The monoisotopic (exact) mass is 274 g/mol. The highest BCUT2D eigenvalue weighted by Crippen LogP contribution is 2.31. The zero-order valence-corrected chi connectivity index (χ0v) is 11.7. The molecule has 1 fully saturated rings. The van der Waals surface area contributed by atoms with Crippen molar-refractivity contribution < 1.29 is 9.53 Å². The van der Waals surface area contributed by atoms with Gasteiger partial charge in [-0.3, -0.25) is 4.79 Å². The summed E-state index contributed by atoms with van der Waals surface area (Å²) in [5, 5.41) is 2.90. The van der Waals surface area contributed by atoms with Crippen LogP contribution in [0, 0.1) is 0 Å². The highest BCUT2D eigenvalue weighted by molar-refractivity contribution is 5.81. The lowest BCUT2D eigenvalue weighted by molar-refractivity contribution is -0.127. The van der Waals surface area contributed by atoms with E-state index in [9.17, 15) is 4.79 Å². The van der Waals surface area contributed by atoms with Crippen LogP contribution in [0.5, 0.6) is 5.75 Å². The molecule has 2 aliphatic rings. The molecule has 1 aromatic carbocycles. The minimum atomic E-state index is -0.365. The van der Waals surface area contributed by atoms with Gasteiger partial charge < -0.3 is 15.8 Å². The second-order valence-corrected chi connectivity index (χ2v) is 5.75. The fourth-order valence-corrected chi connectivity index (χ4v) is 3.08. The summed E-state index contributed by atoms with van der Waals surface area (Å²) >= 11 is 0. The summed E-state index contributed by atoms with van der Waals surface area (Å²) in [6, 6.07) is 6.19. The van der Waals surface area contributed by atoms with E-state index in [0.717, 1.165) is 50.8 Å². The first kappa shape index (κ1) is 13.4. The van der Waals surface area contributed by atoms with E-state index in [2.05, 4.69) is 11.4 Å². The lowest BCUT2D eigenvalue weighted by atomic mass is 9.88. The van der Waals surface area contributed by atoms with Crippen molar-refractivity contribution in [2.24, 2.45) is 5.73 Å². The van der Waals surface area contributed by atoms with Crippen molar-refractivity contribution >= 4 is 5.91 Å². The van der Waals surface area contributed by atoms with Crippen molar-refractivity contribution in [3.8, 4) is 5.75 Å². The Bertz CT molecular complexity index is 501. The lowest BCUT2D eigenvalue weighted by Crippen LogP contribution is -2.36. The van der Waals surface area contributed by atoms with Gasteiger partial charge in [0.2, 0.25) is 0 Å². The summed E-state index contributed by atoms with van der Waals surface area (Å²) in [6.07, 6.45) is 5.74. The topological polar surface area (TPSA) is 64.3 Å². The number of ether oxygens (including phenoxy) is 1. The van der Waals surface area contributed by atoms with Crippen LogP contribution >= 0.6 is 0 Å². The van der Waals surface area contributed by atoms with Crippen LogP contribution in [-0.4, -0.2) is 18.6 Å². The van der Waals surface area contributed by atoms with Gasteiger partial charge in [0.15, 0.2) is 6.10 Å². The molecule has 1 aromatic rings. The fourth-order valence-electron chi connectivity index (χ4n) is 3.08. The molecule has 3 N–H and O–H groups in total. The normalized spacial score (nSPS) is 26.4. The molecular weight excluding hydrogens is 252 g/mol. The van der Waals surface area contributed by atoms with E-state index in [1.54, 1.807) is 0 Å². The van der Waals surface area contributed by atoms with Gasteiger partial charge in [-0.15, -0.1) is 0 Å². The highest BCUT2D eigenvalue weighted by Gasteiger charge is 2.23. The minimum absolute atomic E-state index is 0.00418. The fraction of sp³-hybridized carbons (Fsp3) is 0.562. The SMILES string of the molecule is N[C@@H]1CCCc2ccc(OC3CCCCNC3=O)cc21. The third kappa shape index (κ3) is 2.80. The number of hydrogen-bond donors (Lipinski definition) is 2. The molecule has 0 spiro atoms. The Kier molecular flexibility index (Phi) is 3.92. The van der Waals surface area contributed by atoms with Gasteiger partial charge in [0.05, 0.1) is 0 Å². The number of nitrogens with two attached hydrogens (primary N) is 1. The molecule has 3 rings (SSSR count). The number of fused-ring (bicyclic) bond motifs is 1. The van der Waals surface area contributed by atoms with Crippen LogP contribution in [0.2, 0.25) is 0 Å². The van der Waals surface area contributed by atoms with E-state index < -0.39 is 0 Å². The number of aryl methyl sites for hydroxylation is 1. The molecule has 20 heavy (non-hydrogen) atoms. The molecule has 1 unspecified atom stereocenters. The summed E-state index contributed by atoms with van der Waals surface area (Å²) in [7, 11) is 0. The number of rotatable bonds is 2. The molecule has 1 aliphatic heterocycles. The highest BCUT2D eigenvalue weighted by atomic mass is 16.5. The third-order valence-corrected chi connectivity index (χ3v) is 4.24. The van der Waals surface area contributed by atoms with Crippen molar-refractivity contribution in [2.45, 2.75) is 50.7 Å². The Morgan fingerprint density at radius 3 is 3.00 bits per heavy atom. The molecule has 2 atom stereocenters. The molecule has 1 heterocycles. The summed E-state index contributed by atoms with van der Waals surface area (Å²) < 4.78 is 5.89. The van der Waals surface area contributed by atoms with Crippen molar-refractivity contribution in [2.75, 3.05) is 6.54 Å². The van der Waals surface area contributed by atoms with Crippen LogP contribution in [0.3, 0.4) is 0 Å². The molecule has 1 aliphatic carbocycles. The summed E-state index contributed by atoms with van der Waals surface area (Å²) in [4.78, 5) is 11.9. The average Bonchev–Trinajstić information content (AvgIpc) is 2.65.